The lowest BCUT2D eigenvalue weighted by Crippen LogP contribution is -2.29. The summed E-state index contributed by atoms with van der Waals surface area (Å²) in [5, 5.41) is 3.79. The normalized spacial score (nSPS) is 11.3. The van der Waals surface area contributed by atoms with Crippen molar-refractivity contribution in [3.63, 3.8) is 0 Å². The molecule has 6 nitrogen and oxygen atoms in total. The van der Waals surface area contributed by atoms with E-state index in [4.69, 9.17) is 33.7 Å². The van der Waals surface area contributed by atoms with Crippen LogP contribution < -0.4 is 15.8 Å². The maximum absolute atomic E-state index is 9.82. The van der Waals surface area contributed by atoms with E-state index in [1.807, 2.05) is 19.1 Å². The van der Waals surface area contributed by atoms with Crippen LogP contribution >= 0.6 is 23.2 Å². The predicted molar refractivity (Wildman–Crippen MR) is 103 cm³/mol. The Morgan fingerprint density at radius 1 is 1.36 bits per heavy atom. The molecule has 1 aromatic carbocycles. The fraction of sp³-hybridized carbons (Fsp3) is 0.412. The molecule has 0 aliphatic carbocycles. The number of carbonyl (C=O) groups is 1. The van der Waals surface area contributed by atoms with Crippen molar-refractivity contribution < 1.29 is 14.3 Å². The van der Waals surface area contributed by atoms with Crippen LogP contribution in [-0.4, -0.2) is 32.2 Å². The highest BCUT2D eigenvalue weighted by molar-refractivity contribution is 6.31. The predicted octanol–water partition coefficient (Wildman–Crippen LogP) is 3.46. The van der Waals surface area contributed by atoms with Crippen LogP contribution in [-0.2, 0) is 16.0 Å². The Kier molecular flexibility index (Phi) is 12.4. The van der Waals surface area contributed by atoms with E-state index in [2.05, 4.69) is 15.0 Å². The Hall–Kier alpha value is -1.92. The molecule has 3 N–H and O–H groups in total. The molecular weight excluding hydrogens is 365 g/mol. The fourth-order valence-electron chi connectivity index (χ4n) is 1.58. The molecule has 0 bridgehead atoms. The number of nitrogens with two attached hydrogens (primary N) is 1. The number of esters is 1. The van der Waals surface area contributed by atoms with Crippen molar-refractivity contribution >= 4 is 35.1 Å². The Labute approximate surface area is 159 Å². The number of ether oxygens (including phenoxy) is 2. The number of aliphatic imine (C=N–C) groups is 1. The molecule has 140 valence electrons. The van der Waals surface area contributed by atoms with Crippen LogP contribution in [0.2, 0.25) is 5.02 Å². The maximum Gasteiger partial charge on any atom is 0.302 e. The molecule has 25 heavy (non-hydrogen) atoms. The first-order chi connectivity index (χ1) is 11.8. The summed E-state index contributed by atoms with van der Waals surface area (Å²) in [6.07, 6.45) is 2.37. The van der Waals surface area contributed by atoms with Gasteiger partial charge >= 0.3 is 5.97 Å². The molecule has 0 aromatic heterocycles. The van der Waals surface area contributed by atoms with Crippen molar-refractivity contribution in [3.8, 4) is 5.75 Å². The summed E-state index contributed by atoms with van der Waals surface area (Å²) in [5.74, 6) is 0.809. The van der Waals surface area contributed by atoms with Crippen LogP contribution in [0.4, 0.5) is 0 Å². The minimum Gasteiger partial charge on any atom is -0.494 e. The molecule has 0 heterocycles. The van der Waals surface area contributed by atoms with Crippen LogP contribution in [0.3, 0.4) is 0 Å². The molecule has 1 aromatic rings. The van der Waals surface area contributed by atoms with Gasteiger partial charge in [-0.1, -0.05) is 29.3 Å². The number of hydrogen-bond donors (Lipinski definition) is 2. The summed E-state index contributed by atoms with van der Waals surface area (Å²) in [6, 6.07) is 5.57. The summed E-state index contributed by atoms with van der Waals surface area (Å²) in [5.41, 5.74) is 6.45. The Morgan fingerprint density at radius 3 is 2.48 bits per heavy atom. The highest BCUT2D eigenvalue weighted by atomic mass is 35.5. The average molecular weight is 390 g/mol. The topological polar surface area (TPSA) is 85.9 Å². The molecule has 1 rings (SSSR count). The fourth-order valence-corrected chi connectivity index (χ4v) is 2.00. The second kappa shape index (κ2) is 13.4. The molecule has 8 heteroatoms. The number of guanidine groups is 1. The van der Waals surface area contributed by atoms with Gasteiger partial charge in [0.25, 0.3) is 0 Å². The summed E-state index contributed by atoms with van der Waals surface area (Å²) >= 11 is 12.1. The van der Waals surface area contributed by atoms with Gasteiger partial charge in [0, 0.05) is 19.0 Å². The summed E-state index contributed by atoms with van der Waals surface area (Å²) in [6.45, 7) is 6.19. The van der Waals surface area contributed by atoms with Gasteiger partial charge in [-0.05, 0) is 44.0 Å². The van der Waals surface area contributed by atoms with E-state index in [-0.39, 0.29) is 11.9 Å². The van der Waals surface area contributed by atoms with Crippen molar-refractivity contribution in [3.05, 3.63) is 40.0 Å². The molecule has 0 radical (unpaired) electrons. The molecule has 0 fully saturated rings. The van der Waals surface area contributed by atoms with Crippen molar-refractivity contribution in [2.75, 3.05) is 20.3 Å². The van der Waals surface area contributed by atoms with E-state index >= 15 is 0 Å². The van der Waals surface area contributed by atoms with Crippen molar-refractivity contribution in [1.82, 2.24) is 5.32 Å². The van der Waals surface area contributed by atoms with Gasteiger partial charge in [-0.15, -0.1) is 0 Å². The van der Waals surface area contributed by atoms with E-state index in [0.717, 1.165) is 11.3 Å². The number of nitrogens with one attached hydrogen (secondary N) is 1. The minimum atomic E-state index is -0.211. The molecule has 0 amide bonds. The summed E-state index contributed by atoms with van der Waals surface area (Å²) < 4.78 is 9.77. The number of hydrogen-bond acceptors (Lipinski definition) is 4. The first-order valence-electron chi connectivity index (χ1n) is 7.73. The number of carbonyl (C=O) groups excluding carboxylic acids is 1. The minimum absolute atomic E-state index is 0.211. The lowest BCUT2D eigenvalue weighted by atomic mass is 10.1. The lowest BCUT2D eigenvalue weighted by molar-refractivity contribution is -0.140. The van der Waals surface area contributed by atoms with E-state index in [1.54, 1.807) is 26.1 Å². The number of rotatable bonds is 6. The number of halogens is 2. The number of nitrogens with zero attached hydrogens (tertiary/aromatic N) is 1. The molecule has 0 aliphatic rings. The standard InChI is InChI=1S/C13H17Cl2N3O.C4H8O2/c1-3-19-10-6-4-9(11(14)8-10)5-7-12(15)18-13(16)17-2;1-3-6-4(2)5/h4,6-8H,3,5H2,1-2H3,(H3,16,17,18);3H2,1-2H3/b12-7-;. The Bertz CT molecular complexity index is 605. The van der Waals surface area contributed by atoms with Gasteiger partial charge in [0.2, 0.25) is 0 Å². The van der Waals surface area contributed by atoms with Gasteiger partial charge in [0.15, 0.2) is 5.96 Å². The molecule has 0 saturated heterocycles. The number of allylic oxidation sites excluding steroid dienone is 1. The van der Waals surface area contributed by atoms with Gasteiger partial charge in [-0.3, -0.25) is 9.79 Å². The Morgan fingerprint density at radius 2 is 2.04 bits per heavy atom. The molecule has 0 aliphatic heterocycles. The summed E-state index contributed by atoms with van der Waals surface area (Å²) in [4.78, 5) is 13.6. The van der Waals surface area contributed by atoms with E-state index in [9.17, 15) is 4.79 Å². The first-order valence-corrected chi connectivity index (χ1v) is 8.49. The van der Waals surface area contributed by atoms with Gasteiger partial charge < -0.3 is 20.5 Å². The number of benzene rings is 1. The zero-order valence-electron chi connectivity index (χ0n) is 14.9. The molecule has 0 saturated carbocycles. The zero-order chi connectivity index (χ0) is 19.2. The zero-order valence-corrected chi connectivity index (χ0v) is 16.4. The van der Waals surface area contributed by atoms with Crippen molar-refractivity contribution in [2.24, 2.45) is 10.7 Å². The van der Waals surface area contributed by atoms with Gasteiger partial charge in [0.1, 0.15) is 10.9 Å². The van der Waals surface area contributed by atoms with Crippen LogP contribution in [0.25, 0.3) is 0 Å². The average Bonchev–Trinajstić information content (AvgIpc) is 2.54. The second-order valence-corrected chi connectivity index (χ2v) is 5.42. The van der Waals surface area contributed by atoms with Crippen LogP contribution in [0.15, 0.2) is 34.4 Å². The quantitative estimate of drug-likeness (QED) is 0.336. The highest BCUT2D eigenvalue weighted by Gasteiger charge is 2.02. The third-order valence-corrected chi connectivity index (χ3v) is 3.27. The van der Waals surface area contributed by atoms with E-state index < -0.39 is 0 Å². The lowest BCUT2D eigenvalue weighted by Gasteiger charge is -2.07. The molecule has 0 unspecified atom stereocenters. The van der Waals surface area contributed by atoms with E-state index in [0.29, 0.717) is 29.8 Å². The van der Waals surface area contributed by atoms with Crippen molar-refractivity contribution in [1.29, 1.82) is 0 Å². The van der Waals surface area contributed by atoms with Gasteiger partial charge in [0.05, 0.1) is 13.2 Å². The van der Waals surface area contributed by atoms with Crippen LogP contribution in [0, 0.1) is 0 Å². The van der Waals surface area contributed by atoms with Crippen molar-refractivity contribution in [2.45, 2.75) is 27.2 Å². The highest BCUT2D eigenvalue weighted by Crippen LogP contribution is 2.23. The van der Waals surface area contributed by atoms with E-state index in [1.165, 1.54) is 6.92 Å². The molecular formula is C17H25Cl2N3O3. The van der Waals surface area contributed by atoms with Gasteiger partial charge in [-0.2, -0.15) is 0 Å². The monoisotopic (exact) mass is 389 g/mol. The van der Waals surface area contributed by atoms with Crippen LogP contribution in [0.1, 0.15) is 26.3 Å². The third kappa shape index (κ3) is 11.3. The molecule has 0 atom stereocenters. The van der Waals surface area contributed by atoms with Crippen LogP contribution in [0.5, 0.6) is 5.75 Å². The maximum atomic E-state index is 9.82. The largest absolute Gasteiger partial charge is 0.494 e. The summed E-state index contributed by atoms with van der Waals surface area (Å²) in [7, 11) is 1.58. The Balaban J connectivity index is 0.000000823. The van der Waals surface area contributed by atoms with Gasteiger partial charge in [-0.25, -0.2) is 0 Å². The SMILES string of the molecule is CCOC(C)=O.CCOc1ccc(C/C=C(/Cl)NC(N)=NC)c(Cl)c1. The first kappa shape index (κ1) is 23.1. The third-order valence-electron chi connectivity index (χ3n) is 2.67. The smallest absolute Gasteiger partial charge is 0.302 e. The second-order valence-electron chi connectivity index (χ2n) is 4.60. The molecule has 0 spiro atoms.